The van der Waals surface area contributed by atoms with Crippen molar-refractivity contribution in [2.45, 2.75) is 135 Å². The van der Waals surface area contributed by atoms with Gasteiger partial charge in [0.15, 0.2) is 18.7 Å². The fourth-order valence-electron chi connectivity index (χ4n) is 7.96. The largest absolute Gasteiger partial charge is 0.457 e. The van der Waals surface area contributed by atoms with Gasteiger partial charge < -0.3 is 49.4 Å². The number of hydrogen-bond donors (Lipinski definition) is 3. The molecule has 2 aromatic heterocycles. The number of halogens is 1. The molecule has 0 unspecified atom stereocenters. The van der Waals surface area contributed by atoms with E-state index >= 15 is 4.39 Å². The number of aromatic nitrogens is 2. The molecule has 0 saturated carbocycles. The molecule has 2 aromatic rings. The van der Waals surface area contributed by atoms with Crippen molar-refractivity contribution < 1.29 is 57.5 Å². The highest BCUT2D eigenvalue weighted by atomic mass is 32.1. The molecule has 58 heavy (non-hydrogen) atoms. The Morgan fingerprint density at radius 2 is 1.79 bits per heavy atom. The highest BCUT2D eigenvalue weighted by molar-refractivity contribution is 7.13. The van der Waals surface area contributed by atoms with Crippen LogP contribution in [0.5, 0.6) is 0 Å². The number of carbonyl (C=O) groups excluding carboxylic acids is 3. The molecule has 5 heterocycles. The fourth-order valence-corrected chi connectivity index (χ4v) is 8.66. The van der Waals surface area contributed by atoms with Gasteiger partial charge in [0.25, 0.3) is 5.67 Å². The SMILES string of the molecule is CC[C@H]1OC(=O)[C@](C)(F)C(=O)[C@H](C)[C@@H](O[C@@H]2O[C@H](C)C[C@H](N(C)C)[C@H]2O)[C@H]2C[C@@H](C)C(=O)[C@H](C)[C@H](OC/C(=N\OCc3ccc(-c4nc(N)cs4)cn3)CO2)[C@]1(C)O. The molecule has 0 aromatic carbocycles. The van der Waals surface area contributed by atoms with Crippen molar-refractivity contribution >= 4 is 40.4 Å². The summed E-state index contributed by atoms with van der Waals surface area (Å²) in [7, 11) is 3.62. The van der Waals surface area contributed by atoms with Crippen LogP contribution < -0.4 is 5.73 Å². The first kappa shape index (κ1) is 45.6. The summed E-state index contributed by atoms with van der Waals surface area (Å²) in [5, 5.41) is 30.3. The molecule has 0 spiro atoms. The second kappa shape index (κ2) is 18.8. The molecule has 0 amide bonds. The van der Waals surface area contributed by atoms with E-state index in [1.165, 1.54) is 25.2 Å². The Hall–Kier alpha value is -3.49. The normalized spacial score (nSPS) is 37.8. The summed E-state index contributed by atoms with van der Waals surface area (Å²) < 4.78 is 47.6. The van der Waals surface area contributed by atoms with Crippen molar-refractivity contribution in [3.05, 3.63) is 29.4 Å². The lowest BCUT2D eigenvalue weighted by Gasteiger charge is -2.44. The van der Waals surface area contributed by atoms with Gasteiger partial charge in [-0.25, -0.2) is 14.2 Å². The van der Waals surface area contributed by atoms with Crippen molar-refractivity contribution in [3.63, 3.8) is 0 Å². The average Bonchev–Trinajstić information content (AvgIpc) is 3.61. The Labute approximate surface area is 342 Å². The molecule has 3 aliphatic rings. The van der Waals surface area contributed by atoms with E-state index < -0.39 is 83.6 Å². The zero-order valence-electron chi connectivity index (χ0n) is 34.6. The standard InChI is InChI=1S/C40H58FN5O11S/c1-10-29-40(7,51)35-22(4)31(47)20(2)13-28(52-16-26(17-53-35)45-54-18-25-12-11-24(15-43-25)36-44-30(42)19-58-36)33(23(5)34(49)39(6,41)38(50)56-29)57-37-32(48)27(46(8)9)14-21(3)55-37/h11-12,15,19-23,27-29,32-33,35,37,48,51H,10,13-14,16-18,42H2,1-9H3/b45-26-/t20-,21-,22+,23-,27+,28-,29-,32-,33-,35+,37+,39-,40-/m1/s1. The number of Topliss-reactive ketones (excluding diaryl/α,β-unsaturated/α-hetero) is 2. The Balaban J connectivity index is 1.55. The molecule has 0 radical (unpaired) electrons. The number of anilines is 1. The third kappa shape index (κ3) is 10.1. The van der Waals surface area contributed by atoms with Crippen LogP contribution in [0.2, 0.25) is 0 Å². The summed E-state index contributed by atoms with van der Waals surface area (Å²) in [4.78, 5) is 58.3. The predicted octanol–water partition coefficient (Wildman–Crippen LogP) is 3.51. The summed E-state index contributed by atoms with van der Waals surface area (Å²) in [5.41, 5.74) is 2.03. The van der Waals surface area contributed by atoms with Gasteiger partial charge in [0.1, 0.15) is 40.1 Å². The lowest BCUT2D eigenvalue weighted by Crippen LogP contribution is -2.59. The second-order valence-corrected chi connectivity index (χ2v) is 17.2. The first-order valence-corrected chi connectivity index (χ1v) is 20.6. The molecule has 0 aliphatic carbocycles. The number of aliphatic hydroxyl groups is 2. The third-order valence-corrected chi connectivity index (χ3v) is 12.3. The number of nitrogens with two attached hydrogens (primary N) is 1. The number of fused-ring (bicyclic) bond motifs is 5. The Morgan fingerprint density at radius 1 is 1.09 bits per heavy atom. The second-order valence-electron chi connectivity index (χ2n) is 16.3. The maximum Gasteiger partial charge on any atom is 0.351 e. The zero-order chi connectivity index (χ0) is 42.7. The maximum atomic E-state index is 16.6. The van der Waals surface area contributed by atoms with Gasteiger partial charge in [-0.05, 0) is 66.3 Å². The Bertz CT molecular complexity index is 1770. The number of ketones is 2. The van der Waals surface area contributed by atoms with E-state index in [4.69, 9.17) is 34.3 Å². The summed E-state index contributed by atoms with van der Waals surface area (Å²) >= 11 is 1.39. The molecule has 4 N–H and O–H groups in total. The van der Waals surface area contributed by atoms with E-state index in [2.05, 4.69) is 15.1 Å². The van der Waals surface area contributed by atoms with E-state index in [-0.39, 0.29) is 50.3 Å². The van der Waals surface area contributed by atoms with E-state index in [1.54, 1.807) is 38.4 Å². The van der Waals surface area contributed by atoms with Gasteiger partial charge in [0.05, 0.1) is 43.3 Å². The summed E-state index contributed by atoms with van der Waals surface area (Å²) in [5.74, 6) is -5.78. The number of hydrogen-bond acceptors (Lipinski definition) is 17. The number of thiazole rings is 1. The highest BCUT2D eigenvalue weighted by Crippen LogP contribution is 2.37. The van der Waals surface area contributed by atoms with Crippen LogP contribution in [0.25, 0.3) is 10.6 Å². The van der Waals surface area contributed by atoms with Crippen molar-refractivity contribution in [1.82, 2.24) is 14.9 Å². The van der Waals surface area contributed by atoms with Gasteiger partial charge in [-0.15, -0.1) is 11.3 Å². The van der Waals surface area contributed by atoms with Crippen LogP contribution in [0.4, 0.5) is 10.2 Å². The third-order valence-electron chi connectivity index (χ3n) is 11.4. The van der Waals surface area contributed by atoms with Crippen LogP contribution >= 0.6 is 11.3 Å². The van der Waals surface area contributed by atoms with Crippen molar-refractivity contribution in [2.24, 2.45) is 22.9 Å². The topological polar surface area (TPSA) is 214 Å². The fraction of sp³-hybridized carbons (Fsp3) is 0.700. The van der Waals surface area contributed by atoms with E-state index in [1.807, 2.05) is 32.0 Å². The first-order valence-electron chi connectivity index (χ1n) is 19.7. The smallest absolute Gasteiger partial charge is 0.351 e. The number of rotatable bonds is 8. The molecule has 2 bridgehead atoms. The maximum absolute atomic E-state index is 16.6. The number of carbonyl (C=O) groups is 3. The number of ether oxygens (including phenoxy) is 5. The number of oxime groups is 1. The predicted molar refractivity (Wildman–Crippen MR) is 211 cm³/mol. The molecule has 16 nitrogen and oxygen atoms in total. The van der Waals surface area contributed by atoms with Crippen molar-refractivity contribution in [3.8, 4) is 10.6 Å². The van der Waals surface area contributed by atoms with Crippen molar-refractivity contribution in [1.29, 1.82) is 0 Å². The zero-order valence-corrected chi connectivity index (χ0v) is 35.4. The molecule has 3 fully saturated rings. The van der Waals surface area contributed by atoms with Gasteiger partial charge in [-0.1, -0.05) is 32.9 Å². The molecule has 18 heteroatoms. The van der Waals surface area contributed by atoms with E-state index in [0.717, 1.165) is 12.5 Å². The minimum absolute atomic E-state index is 0.0142. The molecule has 3 aliphatic heterocycles. The van der Waals surface area contributed by atoms with E-state index in [9.17, 15) is 24.6 Å². The summed E-state index contributed by atoms with van der Waals surface area (Å²) in [6, 6.07) is 3.19. The van der Waals surface area contributed by atoms with Gasteiger partial charge in [-0.2, -0.15) is 0 Å². The Morgan fingerprint density at radius 3 is 2.41 bits per heavy atom. The van der Waals surface area contributed by atoms with Crippen LogP contribution in [0.3, 0.4) is 0 Å². The van der Waals surface area contributed by atoms with Crippen LogP contribution in [0.1, 0.15) is 73.4 Å². The number of esters is 1. The van der Waals surface area contributed by atoms with Crippen LogP contribution in [0, 0.1) is 17.8 Å². The average molecular weight is 836 g/mol. The minimum Gasteiger partial charge on any atom is -0.457 e. The molecule has 322 valence electrons. The number of likely N-dealkylation sites (N-methyl/N-ethyl adjacent to an activating group) is 1. The van der Waals surface area contributed by atoms with Gasteiger partial charge in [0.2, 0.25) is 0 Å². The number of aliphatic hydroxyl groups excluding tert-OH is 1. The Kier molecular flexibility index (Phi) is 14.8. The molecular weight excluding hydrogens is 778 g/mol. The number of nitrogen functional groups attached to an aromatic ring is 1. The highest BCUT2D eigenvalue weighted by Gasteiger charge is 2.54. The van der Waals surface area contributed by atoms with Crippen LogP contribution in [0.15, 0.2) is 28.9 Å². The number of nitrogens with zero attached hydrogens (tertiary/aromatic N) is 4. The monoisotopic (exact) mass is 835 g/mol. The minimum atomic E-state index is -3.20. The van der Waals surface area contributed by atoms with Gasteiger partial charge >= 0.3 is 5.97 Å². The lowest BCUT2D eigenvalue weighted by molar-refractivity contribution is -0.284. The number of alkyl halides is 1. The molecule has 13 atom stereocenters. The number of pyridine rings is 1. The summed E-state index contributed by atoms with van der Waals surface area (Å²) in [6.07, 6.45) is -6.01. The summed E-state index contributed by atoms with van der Waals surface area (Å²) in [6.45, 7) is 9.62. The van der Waals surface area contributed by atoms with Gasteiger partial charge in [-0.3, -0.25) is 14.6 Å². The van der Waals surface area contributed by atoms with E-state index in [0.29, 0.717) is 22.9 Å². The van der Waals surface area contributed by atoms with Crippen LogP contribution in [-0.2, 0) is 49.5 Å². The van der Waals surface area contributed by atoms with Crippen LogP contribution in [-0.4, -0.2) is 136 Å². The van der Waals surface area contributed by atoms with Crippen molar-refractivity contribution in [2.75, 3.05) is 33.0 Å². The lowest BCUT2D eigenvalue weighted by atomic mass is 9.77. The quantitative estimate of drug-likeness (QED) is 0.197. The molecule has 3 saturated heterocycles. The molecule has 5 rings (SSSR count). The molecular formula is C40H58FN5O11S. The van der Waals surface area contributed by atoms with Gasteiger partial charge in [0, 0.05) is 40.9 Å². The first-order chi connectivity index (χ1) is 27.3. The number of cyclic esters (lactones) is 1.